The molecular weight excluding hydrogens is 1730 g/mol. The first-order chi connectivity index (χ1) is 52.0. The molecule has 1 amide bonds. The highest BCUT2D eigenvalue weighted by Crippen LogP contribution is 2.22. The van der Waals surface area contributed by atoms with Crippen molar-refractivity contribution < 1.29 is 197 Å². The highest BCUT2D eigenvalue weighted by molar-refractivity contribution is 7.87. The molecule has 0 saturated carbocycles. The summed E-state index contributed by atoms with van der Waals surface area (Å²) >= 11 is 3.42. The molecule has 1 unspecified atom stereocenters. The van der Waals surface area contributed by atoms with E-state index in [2.05, 4.69) is 34.2 Å². The van der Waals surface area contributed by atoms with Gasteiger partial charge in [0.05, 0.1) is 80.8 Å². The van der Waals surface area contributed by atoms with Crippen LogP contribution >= 0.6 is 12.6 Å². The van der Waals surface area contributed by atoms with E-state index >= 15 is 0 Å². The van der Waals surface area contributed by atoms with Gasteiger partial charge in [0.1, 0.15) is 18.5 Å². The van der Waals surface area contributed by atoms with Crippen molar-refractivity contribution >= 4 is 130 Å². The van der Waals surface area contributed by atoms with E-state index in [1.54, 1.807) is 11.8 Å². The lowest BCUT2D eigenvalue weighted by Crippen LogP contribution is -2.34. The zero-order valence-electron chi connectivity index (χ0n) is 64.5. The summed E-state index contributed by atoms with van der Waals surface area (Å²) in [6.07, 6.45) is 20.7. The molecule has 0 radical (unpaired) electrons. The number of rotatable bonds is 49. The summed E-state index contributed by atoms with van der Waals surface area (Å²) in [5.41, 5.74) is 22.8. The van der Waals surface area contributed by atoms with Crippen molar-refractivity contribution in [2.75, 3.05) is 126 Å². The Morgan fingerprint density at radius 1 is 0.439 bits per heavy atom. The molecule has 0 aromatic rings. The lowest BCUT2D eigenvalue weighted by atomic mass is 9.86. The lowest BCUT2D eigenvalue weighted by molar-refractivity contribution is -0.140. The third-order valence-corrected chi connectivity index (χ3v) is 16.6. The molecule has 0 bridgehead atoms. The van der Waals surface area contributed by atoms with Gasteiger partial charge in [0, 0.05) is 51.0 Å². The van der Waals surface area contributed by atoms with Gasteiger partial charge >= 0.3 is 51.0 Å². The Morgan fingerprint density at radius 2 is 0.772 bits per heavy atom. The van der Waals surface area contributed by atoms with E-state index < -0.39 is 167 Å². The largest absolute Gasteiger partial charge is 0.505 e. The SMILES string of the molecule is CCC(N)C(=O)O.CCCCC(=O)O.CCCCCCCCCCCCCCCOC(=O)O.CCCCS(=O)(=O)O.NC(=O)CCCCS(=O)(=O)O.NCCOS(=O)(=O)O.NCCS(=O)(=O)O.NCS(=O)(=O)O.O=C(O)CO.O=C(O)CS.O=S(=O)(O)CCCC(CO)(CO)CO.O=S(=O)(O)CCN(CCO)CCO.O=S(=O)=O. The molecule has 0 fully saturated rings. The van der Waals surface area contributed by atoms with Crippen molar-refractivity contribution in [1.82, 2.24) is 4.90 Å². The second-order valence-electron chi connectivity index (χ2n) is 22.2. The van der Waals surface area contributed by atoms with E-state index in [4.69, 9.17) is 128 Å². The van der Waals surface area contributed by atoms with E-state index in [1.165, 1.54) is 70.6 Å². The van der Waals surface area contributed by atoms with Crippen LogP contribution in [0.2, 0.25) is 0 Å². The molecule has 49 nitrogen and oxygen atoms in total. The fourth-order valence-corrected chi connectivity index (χ4v) is 8.70. The van der Waals surface area contributed by atoms with Gasteiger partial charge in [-0.2, -0.15) is 71.6 Å². The maximum atomic E-state index is 10.4. The quantitative estimate of drug-likeness (QED) is 0.0139. The first kappa shape index (κ1) is 138. The van der Waals surface area contributed by atoms with Crippen molar-refractivity contribution in [3.63, 3.8) is 0 Å². The number of aliphatic hydroxyl groups excluding tert-OH is 6. The predicted octanol–water partition coefficient (Wildman–Crippen LogP) is -1.73. The predicted molar refractivity (Wildman–Crippen MR) is 418 cm³/mol. The number of thiol groups is 1. The highest BCUT2D eigenvalue weighted by Gasteiger charge is 2.28. The number of amides is 1. The number of carbonyl (C=O) groups excluding carboxylic acids is 1. The van der Waals surface area contributed by atoms with Gasteiger partial charge in [-0.1, -0.05) is 118 Å². The minimum absolute atomic E-state index is 0.0289. The molecule has 0 heterocycles. The fourth-order valence-electron chi connectivity index (χ4n) is 5.87. The third kappa shape index (κ3) is 193. The molecule has 0 rings (SSSR count). The van der Waals surface area contributed by atoms with Crippen LogP contribution in [-0.4, -0.2) is 332 Å². The second kappa shape index (κ2) is 92.4. The molecule has 0 aliphatic carbocycles. The summed E-state index contributed by atoms with van der Waals surface area (Å²) in [5.74, 6) is -6.52. The Bertz CT molecular complexity index is 3170. The summed E-state index contributed by atoms with van der Waals surface area (Å²) < 4.78 is 229. The van der Waals surface area contributed by atoms with Crippen molar-refractivity contribution in [3.8, 4) is 0 Å². The smallest absolute Gasteiger partial charge is 0.481 e. The van der Waals surface area contributed by atoms with Gasteiger partial charge in [-0.25, -0.2) is 13.8 Å². The number of primary amides is 1. The normalized spacial score (nSPS) is 11.1. The second-order valence-corrected chi connectivity index (χ2v) is 33.3. The van der Waals surface area contributed by atoms with Gasteiger partial charge in [-0.05, 0) is 51.4 Å². The first-order valence-electron chi connectivity index (χ1n) is 34.0. The van der Waals surface area contributed by atoms with Crippen LogP contribution in [0.1, 0.15) is 182 Å². The zero-order chi connectivity index (χ0) is 92.7. The van der Waals surface area contributed by atoms with Crippen molar-refractivity contribution in [2.45, 2.75) is 188 Å². The maximum absolute atomic E-state index is 10.4. The standard InChI is InChI=1S/C16H32O3.C7H16O6S.C6H15NO5S.C5H11NO4S.C5H10O2.C4H9NO2.C4H10O3S.C2H7NO4S.C2H7NO3S.C2H4O3.C2H4O2S.CH5NO3S.O3S/c1-2-3-4-5-6-7-8-9-10-11-12-13-14-15-19-16(17)18;8-4-7(5-9,6-10)2-1-3-14(11,12)13;8-4-1-7(2-5-9)3-6-13(10,11)12;6-5(7)3-1-2-4-11(8,9)10;1-2-3-4-5(6)7;1-2-3(5)4(6)7;1-2-3-4-8(5,6)7;3-1-2-7-8(4,5)6;3-1-2-7(4,5)6;3-1-2(4)5;3-2(4)1-5;2-1-6(3,4)5;1-4(2)3/h2-15H2,1H3,(H,17,18);8-10H,1-6H2,(H,11,12,13);8-9H,1-6H2,(H,10,11,12);1-4H2,(H2,6,7)(H,8,9,10);2-4H2,1H3,(H,6,7);3H,2,5H2,1H3,(H,6,7);2-4H2,1H3,(H,5,6,7);1-3H2,(H,4,5,6);1-3H2,(H,4,5,6);3H,1H2,(H,4,5);5H,1H2,(H,3,4);1-2H2,(H,3,4,5);. The van der Waals surface area contributed by atoms with Gasteiger partial charge in [0.25, 0.3) is 60.7 Å². The number of nitrogens with zero attached hydrogens (tertiary/aromatic N) is 1. The molecule has 58 heteroatoms. The Morgan fingerprint density at radius 3 is 0.965 bits per heavy atom. The van der Waals surface area contributed by atoms with Crippen LogP contribution in [0.4, 0.5) is 4.79 Å². The van der Waals surface area contributed by atoms with E-state index in [9.17, 15) is 82.9 Å². The molecule has 28 N–H and O–H groups in total. The third-order valence-electron chi connectivity index (χ3n) is 11.6. The number of unbranched alkanes of at least 4 members (excludes halogenated alkanes) is 15. The van der Waals surface area contributed by atoms with Crippen LogP contribution in [0.3, 0.4) is 0 Å². The van der Waals surface area contributed by atoms with Crippen LogP contribution in [0.5, 0.6) is 0 Å². The lowest BCUT2D eigenvalue weighted by Gasteiger charge is -2.26. The molecule has 0 aliphatic rings. The number of carboxylic acids is 4. The number of ether oxygens (including phenoxy) is 1. The van der Waals surface area contributed by atoms with Gasteiger partial charge in [0.2, 0.25) is 5.91 Å². The molecular formula is C56H130N6O43S9. The van der Waals surface area contributed by atoms with Crippen molar-refractivity contribution in [1.29, 1.82) is 0 Å². The molecule has 0 aromatic heterocycles. The van der Waals surface area contributed by atoms with Crippen LogP contribution in [0.15, 0.2) is 0 Å². The van der Waals surface area contributed by atoms with Crippen molar-refractivity contribution in [2.24, 2.45) is 34.1 Å². The van der Waals surface area contributed by atoms with Gasteiger partial charge in [0.15, 0.2) is 0 Å². The fraction of sp³-hybridized carbons (Fsp3) is 0.893. The van der Waals surface area contributed by atoms with Crippen LogP contribution < -0.4 is 28.7 Å². The summed E-state index contributed by atoms with van der Waals surface area (Å²) in [5, 5.41) is 90.8. The van der Waals surface area contributed by atoms with Gasteiger partial charge < -0.3 is 89.6 Å². The van der Waals surface area contributed by atoms with Crippen LogP contribution in [-0.2, 0) is 115 Å². The monoisotopic (exact) mass is 1860 g/mol. The van der Waals surface area contributed by atoms with Gasteiger partial charge in [-0.3, -0.25) is 55.9 Å². The maximum Gasteiger partial charge on any atom is 0.505 e. The molecule has 696 valence electrons. The molecule has 0 spiro atoms. The Kier molecular flexibility index (Phi) is 112. The average Bonchev–Trinajstić information content (AvgIpc) is 0.891. The van der Waals surface area contributed by atoms with Gasteiger partial charge in [-0.15, -0.1) is 12.6 Å². The van der Waals surface area contributed by atoms with Crippen LogP contribution in [0.25, 0.3) is 0 Å². The minimum atomic E-state index is -4.27. The summed E-state index contributed by atoms with van der Waals surface area (Å²) in [4.78, 5) is 59.8. The minimum Gasteiger partial charge on any atom is -0.481 e. The van der Waals surface area contributed by atoms with Crippen LogP contribution in [0, 0.1) is 5.41 Å². The summed E-state index contributed by atoms with van der Waals surface area (Å²) in [6.45, 7) is 6.47. The van der Waals surface area contributed by atoms with E-state index in [0.29, 0.717) is 32.3 Å². The Balaban J connectivity index is -0.0000000902. The number of hydrogen-bond donors (Lipinski definition) is 24. The van der Waals surface area contributed by atoms with E-state index in [1.807, 2.05) is 13.8 Å². The Labute approximate surface area is 676 Å². The topological polar surface area (TPSA) is 909 Å². The number of nitrogens with two attached hydrogens (primary N) is 5. The molecule has 0 aliphatic heterocycles. The first-order valence-corrected chi connectivity index (χ1v) is 46.6. The van der Waals surface area contributed by atoms with Crippen molar-refractivity contribution in [3.05, 3.63) is 0 Å². The highest BCUT2D eigenvalue weighted by atomic mass is 32.3. The number of carbonyl (C=O) groups is 6. The number of aliphatic carboxylic acids is 4. The number of hydrogen-bond acceptors (Lipinski definition) is 37. The Hall–Kier alpha value is -4.52. The number of aliphatic hydroxyl groups is 6. The molecule has 0 saturated heterocycles. The summed E-state index contributed by atoms with van der Waals surface area (Å²) in [6, 6.07) is -0.681. The zero-order valence-corrected chi connectivity index (χ0v) is 71.9. The summed E-state index contributed by atoms with van der Waals surface area (Å²) in [7, 11) is -30.6. The average molecular weight is 1860 g/mol. The van der Waals surface area contributed by atoms with E-state index in [-0.39, 0.29) is 107 Å². The molecule has 0 aromatic carbocycles. The molecule has 114 heavy (non-hydrogen) atoms. The number of carboxylic acid groups (broad SMARTS) is 5. The molecule has 1 atom stereocenters. The van der Waals surface area contributed by atoms with E-state index in [0.717, 1.165) is 32.1 Å².